The maximum absolute atomic E-state index is 13.6. The highest BCUT2D eigenvalue weighted by Gasteiger charge is 2.44. The highest BCUT2D eigenvalue weighted by atomic mass is 32.1. The van der Waals surface area contributed by atoms with Crippen molar-refractivity contribution in [3.63, 3.8) is 0 Å². The van der Waals surface area contributed by atoms with Crippen molar-refractivity contribution in [2.75, 3.05) is 32.8 Å². The van der Waals surface area contributed by atoms with Crippen LogP contribution in [-0.2, 0) is 4.79 Å². The van der Waals surface area contributed by atoms with Crippen molar-refractivity contribution in [3.8, 4) is 5.75 Å². The molecule has 1 N–H and O–H groups in total. The number of nitrogens with zero attached hydrogens (tertiary/aromatic N) is 3. The Hall–Kier alpha value is -2.71. The van der Waals surface area contributed by atoms with Crippen LogP contribution in [0.2, 0.25) is 0 Å². The number of carbonyl (C=O) groups excluding carboxylic acids is 2. The van der Waals surface area contributed by atoms with E-state index in [4.69, 9.17) is 4.74 Å². The summed E-state index contributed by atoms with van der Waals surface area (Å²) in [5.74, 6) is -0.567. The van der Waals surface area contributed by atoms with E-state index in [1.807, 2.05) is 31.2 Å². The molecular weight excluding hydrogens is 462 g/mol. The standard InChI is InChI=1S/C27H37N3O4S/c1-6-9-10-17-34-21-13-11-20(12-14-21)23-22(24(31)26-18(4)28-19(5)35-26)25(32)27(33)30(23)16-15-29(7-2)8-3/h11-14,23,32H,6-10,15-17H2,1-5H3. The lowest BCUT2D eigenvalue weighted by atomic mass is 9.95. The zero-order valence-corrected chi connectivity index (χ0v) is 22.3. The number of ketones is 1. The Kier molecular flexibility index (Phi) is 9.46. The van der Waals surface area contributed by atoms with Crippen molar-refractivity contribution in [1.29, 1.82) is 0 Å². The van der Waals surface area contributed by atoms with Gasteiger partial charge in [-0.15, -0.1) is 11.3 Å². The van der Waals surface area contributed by atoms with Crippen LogP contribution in [-0.4, -0.2) is 64.4 Å². The number of aryl methyl sites for hydroxylation is 2. The lowest BCUT2D eigenvalue weighted by molar-refractivity contribution is -0.129. The van der Waals surface area contributed by atoms with Gasteiger partial charge >= 0.3 is 0 Å². The lowest BCUT2D eigenvalue weighted by Crippen LogP contribution is -2.38. The third-order valence-electron chi connectivity index (χ3n) is 6.42. The number of benzene rings is 1. The molecule has 7 nitrogen and oxygen atoms in total. The molecule has 0 fully saturated rings. The fourth-order valence-corrected chi connectivity index (χ4v) is 5.28. The van der Waals surface area contributed by atoms with Gasteiger partial charge in [0, 0.05) is 13.1 Å². The van der Waals surface area contributed by atoms with Crippen molar-refractivity contribution in [3.05, 3.63) is 56.7 Å². The molecule has 1 amide bonds. The highest BCUT2D eigenvalue weighted by Crippen LogP contribution is 2.40. The van der Waals surface area contributed by atoms with Crippen molar-refractivity contribution >= 4 is 23.0 Å². The summed E-state index contributed by atoms with van der Waals surface area (Å²) in [6.07, 6.45) is 3.25. The molecule has 0 saturated carbocycles. The van der Waals surface area contributed by atoms with Crippen LogP contribution in [0.3, 0.4) is 0 Å². The average Bonchev–Trinajstić information content (AvgIpc) is 3.32. The zero-order chi connectivity index (χ0) is 25.5. The molecule has 2 aromatic rings. The predicted octanol–water partition coefficient (Wildman–Crippen LogP) is 5.25. The van der Waals surface area contributed by atoms with E-state index >= 15 is 0 Å². The molecule has 1 unspecified atom stereocenters. The quantitative estimate of drug-likeness (QED) is 0.299. The van der Waals surface area contributed by atoms with E-state index in [-0.39, 0.29) is 11.4 Å². The Bertz CT molecular complexity index is 1060. The fourth-order valence-electron chi connectivity index (χ4n) is 4.40. The number of hydrogen-bond donors (Lipinski definition) is 1. The first-order chi connectivity index (χ1) is 16.8. The van der Waals surface area contributed by atoms with Gasteiger partial charge in [-0.2, -0.15) is 0 Å². The maximum atomic E-state index is 13.6. The topological polar surface area (TPSA) is 83.0 Å². The molecule has 3 rings (SSSR count). The molecule has 0 saturated heterocycles. The second-order valence-electron chi connectivity index (χ2n) is 8.79. The van der Waals surface area contributed by atoms with Gasteiger partial charge in [-0.1, -0.05) is 45.7 Å². The lowest BCUT2D eigenvalue weighted by Gasteiger charge is -2.29. The summed E-state index contributed by atoms with van der Waals surface area (Å²) in [7, 11) is 0. The van der Waals surface area contributed by atoms with Crippen LogP contribution in [0.4, 0.5) is 0 Å². The Morgan fingerprint density at radius 2 is 1.83 bits per heavy atom. The summed E-state index contributed by atoms with van der Waals surface area (Å²) in [4.78, 5) is 35.5. The minimum Gasteiger partial charge on any atom is -0.503 e. The SMILES string of the molecule is CCCCCOc1ccc(C2C(C(=O)c3sc(C)nc3C)=C(O)C(=O)N2CCN(CC)CC)cc1. The smallest absolute Gasteiger partial charge is 0.290 e. The second-order valence-corrected chi connectivity index (χ2v) is 9.99. The average molecular weight is 500 g/mol. The van der Waals surface area contributed by atoms with Gasteiger partial charge in [0.05, 0.1) is 33.8 Å². The number of rotatable bonds is 13. The maximum Gasteiger partial charge on any atom is 0.290 e. The molecule has 0 aliphatic carbocycles. The molecule has 190 valence electrons. The van der Waals surface area contributed by atoms with Gasteiger partial charge in [0.25, 0.3) is 5.91 Å². The highest BCUT2D eigenvalue weighted by molar-refractivity contribution is 7.14. The minimum absolute atomic E-state index is 0.123. The number of thiazole rings is 1. The normalized spacial score (nSPS) is 16.0. The van der Waals surface area contributed by atoms with Crippen LogP contribution in [0.5, 0.6) is 5.75 Å². The van der Waals surface area contributed by atoms with Crippen LogP contribution in [0, 0.1) is 13.8 Å². The monoisotopic (exact) mass is 499 g/mol. The molecule has 0 spiro atoms. The molecule has 0 radical (unpaired) electrons. The van der Waals surface area contributed by atoms with E-state index in [1.54, 1.807) is 11.8 Å². The van der Waals surface area contributed by atoms with E-state index in [9.17, 15) is 14.7 Å². The summed E-state index contributed by atoms with van der Waals surface area (Å²) < 4.78 is 5.84. The van der Waals surface area contributed by atoms with Crippen LogP contribution >= 0.6 is 11.3 Å². The predicted molar refractivity (Wildman–Crippen MR) is 139 cm³/mol. The molecule has 1 aliphatic heterocycles. The summed E-state index contributed by atoms with van der Waals surface area (Å²) in [6, 6.07) is 6.84. The van der Waals surface area contributed by atoms with Gasteiger partial charge in [-0.25, -0.2) is 4.98 Å². The number of likely N-dealkylation sites (N-methyl/N-ethyl adjacent to an activating group) is 1. The summed E-state index contributed by atoms with van der Waals surface area (Å²) in [5.41, 5.74) is 1.50. The van der Waals surface area contributed by atoms with Crippen molar-refractivity contribution < 1.29 is 19.4 Å². The summed E-state index contributed by atoms with van der Waals surface area (Å²) in [5, 5.41) is 11.7. The van der Waals surface area contributed by atoms with E-state index in [1.165, 1.54) is 11.3 Å². The Morgan fingerprint density at radius 1 is 1.14 bits per heavy atom. The first kappa shape index (κ1) is 26.9. The van der Waals surface area contributed by atoms with Gasteiger partial charge in [0.1, 0.15) is 5.75 Å². The van der Waals surface area contributed by atoms with Crippen molar-refractivity contribution in [1.82, 2.24) is 14.8 Å². The number of Topliss-reactive ketones (excluding diaryl/α,β-unsaturated/α-hetero) is 1. The van der Waals surface area contributed by atoms with Gasteiger partial charge in [-0.3, -0.25) is 9.59 Å². The van der Waals surface area contributed by atoms with Gasteiger partial charge in [0.15, 0.2) is 5.76 Å². The first-order valence-electron chi connectivity index (χ1n) is 12.5. The van der Waals surface area contributed by atoms with E-state index < -0.39 is 17.7 Å². The van der Waals surface area contributed by atoms with Gasteiger partial charge < -0.3 is 19.6 Å². The number of unbranched alkanes of at least 4 members (excludes halogenated alkanes) is 2. The van der Waals surface area contributed by atoms with Gasteiger partial charge in [-0.05, 0) is 51.1 Å². The number of hydrogen-bond acceptors (Lipinski definition) is 7. The van der Waals surface area contributed by atoms with Crippen LogP contribution in [0.25, 0.3) is 0 Å². The first-order valence-corrected chi connectivity index (χ1v) is 13.3. The molecule has 2 heterocycles. The molecule has 1 atom stereocenters. The third kappa shape index (κ3) is 6.11. The van der Waals surface area contributed by atoms with E-state index in [2.05, 4.69) is 30.7 Å². The second kappa shape index (κ2) is 12.3. The Balaban J connectivity index is 1.94. The molecular formula is C27H37N3O4S. The third-order valence-corrected chi connectivity index (χ3v) is 7.49. The largest absolute Gasteiger partial charge is 0.503 e. The number of aliphatic hydroxyl groups is 1. The van der Waals surface area contributed by atoms with Crippen molar-refractivity contribution in [2.24, 2.45) is 0 Å². The molecule has 1 aliphatic rings. The fraction of sp³-hybridized carbons (Fsp3) is 0.519. The number of aromatic nitrogens is 1. The minimum atomic E-state index is -0.665. The van der Waals surface area contributed by atoms with E-state index in [0.717, 1.165) is 48.7 Å². The number of carbonyl (C=O) groups is 2. The molecule has 1 aromatic carbocycles. The Morgan fingerprint density at radius 3 is 2.40 bits per heavy atom. The molecule has 8 heteroatoms. The van der Waals surface area contributed by atoms with Crippen LogP contribution < -0.4 is 4.74 Å². The zero-order valence-electron chi connectivity index (χ0n) is 21.5. The van der Waals surface area contributed by atoms with Crippen molar-refractivity contribution in [2.45, 2.75) is 59.9 Å². The summed E-state index contributed by atoms with van der Waals surface area (Å²) >= 11 is 1.29. The molecule has 1 aromatic heterocycles. The number of aliphatic hydroxyl groups excluding tert-OH is 1. The van der Waals surface area contributed by atoms with Crippen LogP contribution in [0.15, 0.2) is 35.6 Å². The van der Waals surface area contributed by atoms with Gasteiger partial charge in [0.2, 0.25) is 5.78 Å². The van der Waals surface area contributed by atoms with E-state index in [0.29, 0.717) is 30.3 Å². The number of amides is 1. The number of ether oxygens (including phenoxy) is 1. The van der Waals surface area contributed by atoms with Crippen LogP contribution in [0.1, 0.15) is 72.0 Å². The molecule has 35 heavy (non-hydrogen) atoms. The summed E-state index contributed by atoms with van der Waals surface area (Å²) in [6.45, 7) is 13.4. The molecule has 0 bridgehead atoms. The Labute approximate surface area is 212 Å².